The average Bonchev–Trinajstić information content (AvgIpc) is 2.41. The maximum Gasteiger partial charge on any atom is 0.269 e. The normalized spacial score (nSPS) is 16.6. The molecule has 0 unspecified atom stereocenters. The van der Waals surface area contributed by atoms with Crippen LogP contribution in [0.4, 0.5) is 0 Å². The van der Waals surface area contributed by atoms with E-state index in [2.05, 4.69) is 9.88 Å². The number of nitrogens with one attached hydrogen (secondary N) is 1. The molecule has 1 aliphatic rings. The molecule has 1 amide bonds. The number of sulfonamides is 1. The fraction of sp³-hybridized carbons (Fsp3) is 0.600. The molecule has 1 aromatic heterocycles. The summed E-state index contributed by atoms with van der Waals surface area (Å²) in [6, 6.07) is 0. The quantitative estimate of drug-likeness (QED) is 0.869. The Hall–Kier alpha value is -1.37. The number of amides is 1. The third-order valence-corrected chi connectivity index (χ3v) is 4.54. The number of aryl methyl sites for hydroxylation is 2. The zero-order chi connectivity index (χ0) is 12.6. The number of rotatable bonds is 3. The van der Waals surface area contributed by atoms with Crippen LogP contribution in [-0.4, -0.2) is 19.5 Å². The van der Waals surface area contributed by atoms with Gasteiger partial charge in [0.25, 0.3) is 10.0 Å². The Morgan fingerprint density at radius 2 is 2.06 bits per heavy atom. The van der Waals surface area contributed by atoms with Crippen molar-refractivity contribution < 1.29 is 17.7 Å². The molecule has 1 saturated carbocycles. The van der Waals surface area contributed by atoms with Crippen molar-refractivity contribution in [2.45, 2.75) is 38.0 Å². The van der Waals surface area contributed by atoms with Crippen LogP contribution in [0.15, 0.2) is 9.42 Å². The molecule has 94 valence electrons. The lowest BCUT2D eigenvalue weighted by molar-refractivity contribution is -0.125. The van der Waals surface area contributed by atoms with E-state index in [4.69, 9.17) is 4.52 Å². The molecule has 6 nitrogen and oxygen atoms in total. The van der Waals surface area contributed by atoms with E-state index in [1.165, 1.54) is 13.8 Å². The molecule has 1 N–H and O–H groups in total. The van der Waals surface area contributed by atoms with Crippen LogP contribution in [-0.2, 0) is 14.8 Å². The number of hydrogen-bond donors (Lipinski definition) is 1. The SMILES string of the molecule is Cc1noc(C)c1S(=O)(=O)NC(=O)C1CCC1. The molecule has 17 heavy (non-hydrogen) atoms. The minimum Gasteiger partial charge on any atom is -0.360 e. The lowest BCUT2D eigenvalue weighted by atomic mass is 9.85. The second-order valence-electron chi connectivity index (χ2n) is 4.25. The Balaban J connectivity index is 2.22. The molecule has 0 atom stereocenters. The van der Waals surface area contributed by atoms with E-state index in [1.54, 1.807) is 0 Å². The van der Waals surface area contributed by atoms with E-state index in [0.717, 1.165) is 19.3 Å². The average molecular weight is 258 g/mol. The standard InChI is InChI=1S/C10H14N2O4S/c1-6-9(7(2)16-11-6)17(14,15)12-10(13)8-4-3-5-8/h8H,3-5H2,1-2H3,(H,12,13). The van der Waals surface area contributed by atoms with Gasteiger partial charge in [0, 0.05) is 5.92 Å². The van der Waals surface area contributed by atoms with Crippen LogP contribution in [0, 0.1) is 19.8 Å². The van der Waals surface area contributed by atoms with Crippen LogP contribution >= 0.6 is 0 Å². The first-order valence-corrected chi connectivity index (χ1v) is 6.89. The maximum atomic E-state index is 12.0. The van der Waals surface area contributed by atoms with Crippen molar-refractivity contribution >= 4 is 15.9 Å². The Morgan fingerprint density at radius 1 is 1.41 bits per heavy atom. The van der Waals surface area contributed by atoms with Crippen LogP contribution in [0.2, 0.25) is 0 Å². The minimum absolute atomic E-state index is 0.0369. The molecule has 0 aliphatic heterocycles. The van der Waals surface area contributed by atoms with Crippen molar-refractivity contribution in [1.29, 1.82) is 0 Å². The largest absolute Gasteiger partial charge is 0.360 e. The van der Waals surface area contributed by atoms with E-state index in [-0.39, 0.29) is 22.3 Å². The van der Waals surface area contributed by atoms with Gasteiger partial charge in [-0.05, 0) is 26.7 Å². The second-order valence-corrected chi connectivity index (χ2v) is 5.87. The highest BCUT2D eigenvalue weighted by Gasteiger charge is 2.31. The molecule has 0 spiro atoms. The molecule has 0 radical (unpaired) electrons. The van der Waals surface area contributed by atoms with E-state index in [9.17, 15) is 13.2 Å². The van der Waals surface area contributed by atoms with Crippen molar-refractivity contribution in [1.82, 2.24) is 9.88 Å². The predicted octanol–water partition coefficient (Wildman–Crippen LogP) is 0.896. The monoisotopic (exact) mass is 258 g/mol. The summed E-state index contributed by atoms with van der Waals surface area (Å²) < 4.78 is 30.8. The number of aromatic nitrogens is 1. The summed E-state index contributed by atoms with van der Waals surface area (Å²) >= 11 is 0. The van der Waals surface area contributed by atoms with Gasteiger partial charge in [-0.2, -0.15) is 0 Å². The van der Waals surface area contributed by atoms with Gasteiger partial charge in [0.2, 0.25) is 5.91 Å². The van der Waals surface area contributed by atoms with E-state index in [1.807, 2.05) is 0 Å². The summed E-state index contributed by atoms with van der Waals surface area (Å²) in [5.41, 5.74) is 0.261. The Labute approximate surface area is 99.4 Å². The molecule has 7 heteroatoms. The number of carbonyl (C=O) groups excluding carboxylic acids is 1. The van der Waals surface area contributed by atoms with Gasteiger partial charge in [-0.1, -0.05) is 11.6 Å². The van der Waals surface area contributed by atoms with Crippen LogP contribution in [0.1, 0.15) is 30.7 Å². The first-order valence-electron chi connectivity index (χ1n) is 5.41. The summed E-state index contributed by atoms with van der Waals surface area (Å²) in [6.07, 6.45) is 2.48. The van der Waals surface area contributed by atoms with Gasteiger partial charge in [-0.25, -0.2) is 13.1 Å². The van der Waals surface area contributed by atoms with Gasteiger partial charge in [0.05, 0.1) is 0 Å². The van der Waals surface area contributed by atoms with Crippen molar-refractivity contribution in [2.75, 3.05) is 0 Å². The molecule has 1 aliphatic carbocycles. The van der Waals surface area contributed by atoms with Crippen molar-refractivity contribution in [2.24, 2.45) is 5.92 Å². The summed E-state index contributed by atoms with van der Waals surface area (Å²) in [7, 11) is -3.85. The highest BCUT2D eigenvalue weighted by molar-refractivity contribution is 7.90. The molecule has 0 bridgehead atoms. The van der Waals surface area contributed by atoms with Crippen LogP contribution < -0.4 is 4.72 Å². The summed E-state index contributed by atoms with van der Waals surface area (Å²) in [4.78, 5) is 11.6. The van der Waals surface area contributed by atoms with Crippen molar-refractivity contribution in [3.8, 4) is 0 Å². The van der Waals surface area contributed by atoms with Crippen LogP contribution in [0.25, 0.3) is 0 Å². The molecule has 2 rings (SSSR count). The second kappa shape index (κ2) is 4.14. The van der Waals surface area contributed by atoms with E-state index in [0.29, 0.717) is 0 Å². The molecule has 1 aromatic rings. The van der Waals surface area contributed by atoms with Gasteiger partial charge in [0.15, 0.2) is 10.7 Å². The third kappa shape index (κ3) is 2.19. The Bertz CT molecular complexity index is 523. The highest BCUT2D eigenvalue weighted by atomic mass is 32.2. The first kappa shape index (κ1) is 12.1. The molecule has 0 aromatic carbocycles. The highest BCUT2D eigenvalue weighted by Crippen LogP contribution is 2.27. The number of hydrogen-bond acceptors (Lipinski definition) is 5. The molecule has 1 fully saturated rings. The molecular formula is C10H14N2O4S. The zero-order valence-corrected chi connectivity index (χ0v) is 10.5. The predicted molar refractivity (Wildman–Crippen MR) is 58.6 cm³/mol. The Morgan fingerprint density at radius 3 is 2.47 bits per heavy atom. The van der Waals surface area contributed by atoms with E-state index < -0.39 is 15.9 Å². The van der Waals surface area contributed by atoms with Crippen LogP contribution in [0.3, 0.4) is 0 Å². The molecule has 0 saturated heterocycles. The van der Waals surface area contributed by atoms with Gasteiger partial charge in [-0.3, -0.25) is 4.79 Å². The first-order chi connectivity index (χ1) is 7.92. The molecular weight excluding hydrogens is 244 g/mol. The third-order valence-electron chi connectivity index (χ3n) is 2.95. The van der Waals surface area contributed by atoms with Gasteiger partial charge in [0.1, 0.15) is 5.69 Å². The van der Waals surface area contributed by atoms with Crippen molar-refractivity contribution in [3.05, 3.63) is 11.5 Å². The smallest absolute Gasteiger partial charge is 0.269 e. The summed E-state index contributed by atoms with van der Waals surface area (Å²) in [5.74, 6) is -0.419. The van der Waals surface area contributed by atoms with Gasteiger partial charge >= 0.3 is 0 Å². The number of nitrogens with zero attached hydrogens (tertiary/aromatic N) is 1. The van der Waals surface area contributed by atoms with E-state index >= 15 is 0 Å². The lowest BCUT2D eigenvalue weighted by Gasteiger charge is -2.23. The summed E-state index contributed by atoms with van der Waals surface area (Å²) in [6.45, 7) is 3.03. The number of carbonyl (C=O) groups is 1. The maximum absolute atomic E-state index is 12.0. The van der Waals surface area contributed by atoms with Crippen LogP contribution in [0.5, 0.6) is 0 Å². The van der Waals surface area contributed by atoms with Crippen molar-refractivity contribution in [3.63, 3.8) is 0 Å². The lowest BCUT2D eigenvalue weighted by Crippen LogP contribution is -2.38. The fourth-order valence-corrected chi connectivity index (χ4v) is 3.17. The zero-order valence-electron chi connectivity index (χ0n) is 9.69. The van der Waals surface area contributed by atoms with Gasteiger partial charge in [-0.15, -0.1) is 0 Å². The topological polar surface area (TPSA) is 89.3 Å². The fourth-order valence-electron chi connectivity index (χ4n) is 1.80. The Kier molecular flexibility index (Phi) is 2.94. The molecule has 1 heterocycles. The summed E-state index contributed by atoms with van der Waals surface area (Å²) in [5, 5.41) is 3.56. The van der Waals surface area contributed by atoms with Gasteiger partial charge < -0.3 is 4.52 Å². The minimum atomic E-state index is -3.85.